The van der Waals surface area contributed by atoms with Crippen LogP contribution in [0.3, 0.4) is 0 Å². The molecule has 4 heteroatoms. The molecule has 26 heavy (non-hydrogen) atoms. The maximum Gasteiger partial charge on any atom is 0.169 e. The number of rotatable bonds is 1. The molecule has 0 radical (unpaired) electrons. The van der Waals surface area contributed by atoms with Crippen molar-refractivity contribution in [2.24, 2.45) is 23.2 Å². The topological polar surface area (TPSA) is 58.9 Å². The van der Waals surface area contributed by atoms with Crippen molar-refractivity contribution in [2.75, 3.05) is 13.2 Å². The SMILES string of the molecule is CC1(C2CCC3C4CCc5cc(O)ccc5C4[C@@H](O)C[C@@]32C)OCCO1. The Bertz CT molecular complexity index is 710. The fourth-order valence-corrected chi connectivity index (χ4v) is 7.24. The predicted octanol–water partition coefficient (Wildman–Crippen LogP) is 3.60. The average Bonchev–Trinajstić information content (AvgIpc) is 3.18. The van der Waals surface area contributed by atoms with Crippen LogP contribution >= 0.6 is 0 Å². The molecule has 1 saturated heterocycles. The first kappa shape index (κ1) is 17.0. The zero-order chi connectivity index (χ0) is 18.1. The summed E-state index contributed by atoms with van der Waals surface area (Å²) in [5.74, 6) is 1.51. The molecule has 0 amide bonds. The number of phenols is 1. The van der Waals surface area contributed by atoms with E-state index in [1.54, 1.807) is 6.07 Å². The van der Waals surface area contributed by atoms with Crippen LogP contribution in [-0.4, -0.2) is 35.3 Å². The van der Waals surface area contributed by atoms with E-state index in [0.29, 0.717) is 36.7 Å². The summed E-state index contributed by atoms with van der Waals surface area (Å²) < 4.78 is 12.1. The van der Waals surface area contributed by atoms with E-state index in [1.165, 1.54) is 17.5 Å². The van der Waals surface area contributed by atoms with Crippen LogP contribution in [0.2, 0.25) is 0 Å². The summed E-state index contributed by atoms with van der Waals surface area (Å²) in [7, 11) is 0. The van der Waals surface area contributed by atoms with E-state index >= 15 is 0 Å². The number of aliphatic hydroxyl groups is 1. The second kappa shape index (κ2) is 5.70. The maximum absolute atomic E-state index is 11.2. The molecule has 6 atom stereocenters. The Kier molecular flexibility index (Phi) is 3.73. The number of fused-ring (bicyclic) bond motifs is 5. The highest BCUT2D eigenvalue weighted by Gasteiger charge is 2.62. The first-order chi connectivity index (χ1) is 12.4. The third-order valence-corrected chi connectivity index (χ3v) is 8.18. The lowest BCUT2D eigenvalue weighted by Crippen LogP contribution is -2.53. The number of ether oxygens (including phenoxy) is 2. The molecule has 2 saturated carbocycles. The Morgan fingerprint density at radius 1 is 1.08 bits per heavy atom. The highest BCUT2D eigenvalue weighted by molar-refractivity contribution is 5.41. The quantitative estimate of drug-likeness (QED) is 0.805. The molecule has 3 fully saturated rings. The third kappa shape index (κ3) is 2.25. The minimum atomic E-state index is -0.492. The number of benzene rings is 1. The van der Waals surface area contributed by atoms with Crippen LogP contribution in [0.4, 0.5) is 0 Å². The summed E-state index contributed by atoms with van der Waals surface area (Å²) in [5.41, 5.74) is 2.54. The average molecular weight is 358 g/mol. The zero-order valence-corrected chi connectivity index (χ0v) is 15.8. The van der Waals surface area contributed by atoms with Gasteiger partial charge in [0.1, 0.15) is 5.75 Å². The molecule has 5 rings (SSSR count). The van der Waals surface area contributed by atoms with Gasteiger partial charge in [0.05, 0.1) is 19.3 Å². The van der Waals surface area contributed by atoms with E-state index in [-0.39, 0.29) is 17.4 Å². The van der Waals surface area contributed by atoms with Gasteiger partial charge in [-0.25, -0.2) is 0 Å². The Morgan fingerprint density at radius 2 is 1.85 bits per heavy atom. The summed E-state index contributed by atoms with van der Waals surface area (Å²) in [4.78, 5) is 0. The van der Waals surface area contributed by atoms with E-state index in [0.717, 1.165) is 25.7 Å². The fourth-order valence-electron chi connectivity index (χ4n) is 7.24. The van der Waals surface area contributed by atoms with Crippen LogP contribution in [0, 0.1) is 23.2 Å². The summed E-state index contributed by atoms with van der Waals surface area (Å²) in [5, 5.41) is 21.1. The van der Waals surface area contributed by atoms with Crippen molar-refractivity contribution in [3.8, 4) is 5.75 Å². The van der Waals surface area contributed by atoms with Crippen LogP contribution in [0.5, 0.6) is 5.75 Å². The molecule has 0 spiro atoms. The van der Waals surface area contributed by atoms with E-state index in [4.69, 9.17) is 9.47 Å². The van der Waals surface area contributed by atoms with Crippen LogP contribution in [0.15, 0.2) is 18.2 Å². The summed E-state index contributed by atoms with van der Waals surface area (Å²) in [6.07, 6.45) is 4.89. The van der Waals surface area contributed by atoms with Gasteiger partial charge in [0.25, 0.3) is 0 Å². The molecule has 2 N–H and O–H groups in total. The van der Waals surface area contributed by atoms with Crippen LogP contribution in [0.1, 0.15) is 56.6 Å². The van der Waals surface area contributed by atoms with Crippen molar-refractivity contribution < 1.29 is 19.7 Å². The standard InChI is InChI=1S/C22H30O4/c1-21-12-18(24)20-15-6-4-14(23)11-13(15)3-5-16(20)17(21)7-8-19(21)22(2)25-9-10-26-22/h4,6,11,16-20,23-24H,3,5,7-10,12H2,1-2H3/t16?,17?,18-,19?,20?,21-/m0/s1. The molecular formula is C22H30O4. The second-order valence-corrected chi connectivity index (χ2v) is 9.34. The summed E-state index contributed by atoms with van der Waals surface area (Å²) >= 11 is 0. The number of aliphatic hydroxyl groups excluding tert-OH is 1. The lowest BCUT2D eigenvalue weighted by molar-refractivity contribution is -0.216. The van der Waals surface area contributed by atoms with Gasteiger partial charge in [-0.1, -0.05) is 13.0 Å². The molecule has 4 nitrogen and oxygen atoms in total. The molecular weight excluding hydrogens is 328 g/mol. The van der Waals surface area contributed by atoms with Crippen molar-refractivity contribution in [2.45, 2.75) is 63.8 Å². The van der Waals surface area contributed by atoms with Crippen molar-refractivity contribution >= 4 is 0 Å². The lowest BCUT2D eigenvalue weighted by atomic mass is 9.52. The van der Waals surface area contributed by atoms with Gasteiger partial charge in [0, 0.05) is 11.8 Å². The number of hydrogen-bond acceptors (Lipinski definition) is 4. The molecule has 1 aromatic rings. The number of phenolic OH excluding ortho intramolecular Hbond substituents is 1. The number of hydrogen-bond donors (Lipinski definition) is 2. The van der Waals surface area contributed by atoms with Gasteiger partial charge in [-0.2, -0.15) is 0 Å². The Balaban J connectivity index is 1.51. The minimum absolute atomic E-state index is 0.0636. The zero-order valence-electron chi connectivity index (χ0n) is 15.8. The maximum atomic E-state index is 11.2. The smallest absolute Gasteiger partial charge is 0.169 e. The highest BCUT2D eigenvalue weighted by Crippen LogP contribution is 2.65. The molecule has 4 aliphatic rings. The molecule has 142 valence electrons. The van der Waals surface area contributed by atoms with Gasteiger partial charge in [0.2, 0.25) is 0 Å². The Labute approximate surface area is 155 Å². The van der Waals surface area contributed by atoms with E-state index < -0.39 is 5.79 Å². The summed E-state index contributed by atoms with van der Waals surface area (Å²) in [6, 6.07) is 5.72. The van der Waals surface area contributed by atoms with Crippen LogP contribution < -0.4 is 0 Å². The second-order valence-electron chi connectivity index (χ2n) is 9.34. The highest BCUT2D eigenvalue weighted by atomic mass is 16.7. The van der Waals surface area contributed by atoms with Crippen molar-refractivity contribution in [3.05, 3.63) is 29.3 Å². The largest absolute Gasteiger partial charge is 0.508 e. The Hall–Kier alpha value is -1.10. The van der Waals surface area contributed by atoms with E-state index in [2.05, 4.69) is 13.8 Å². The van der Waals surface area contributed by atoms with E-state index in [9.17, 15) is 10.2 Å². The van der Waals surface area contributed by atoms with Crippen molar-refractivity contribution in [1.82, 2.24) is 0 Å². The van der Waals surface area contributed by atoms with Crippen molar-refractivity contribution in [3.63, 3.8) is 0 Å². The van der Waals surface area contributed by atoms with Gasteiger partial charge in [-0.05, 0) is 79.5 Å². The molecule has 1 aromatic carbocycles. The molecule has 0 bridgehead atoms. The fraction of sp³-hybridized carbons (Fsp3) is 0.727. The minimum Gasteiger partial charge on any atom is -0.508 e. The third-order valence-electron chi connectivity index (χ3n) is 8.18. The molecule has 1 heterocycles. The molecule has 0 aromatic heterocycles. The number of aromatic hydroxyl groups is 1. The van der Waals surface area contributed by atoms with E-state index in [1.807, 2.05) is 12.1 Å². The first-order valence-corrected chi connectivity index (χ1v) is 10.2. The number of aryl methyl sites for hydroxylation is 1. The molecule has 4 unspecified atom stereocenters. The van der Waals surface area contributed by atoms with Crippen LogP contribution in [-0.2, 0) is 15.9 Å². The molecule has 1 aliphatic heterocycles. The predicted molar refractivity (Wildman–Crippen MR) is 97.9 cm³/mol. The Morgan fingerprint density at radius 3 is 2.62 bits per heavy atom. The van der Waals surface area contributed by atoms with Gasteiger partial charge in [-0.3, -0.25) is 0 Å². The normalized spacial score (nSPS) is 43.6. The van der Waals surface area contributed by atoms with Gasteiger partial charge in [-0.15, -0.1) is 0 Å². The van der Waals surface area contributed by atoms with Gasteiger partial charge >= 0.3 is 0 Å². The monoisotopic (exact) mass is 358 g/mol. The van der Waals surface area contributed by atoms with Gasteiger partial charge in [0.15, 0.2) is 5.79 Å². The lowest BCUT2D eigenvalue weighted by Gasteiger charge is -2.54. The first-order valence-electron chi connectivity index (χ1n) is 10.2. The summed E-state index contributed by atoms with van der Waals surface area (Å²) in [6.45, 7) is 5.84. The van der Waals surface area contributed by atoms with Crippen LogP contribution in [0.25, 0.3) is 0 Å². The van der Waals surface area contributed by atoms with Crippen molar-refractivity contribution in [1.29, 1.82) is 0 Å². The molecule has 3 aliphatic carbocycles. The van der Waals surface area contributed by atoms with Gasteiger partial charge < -0.3 is 19.7 Å².